The fourth-order valence-corrected chi connectivity index (χ4v) is 4.76. The number of nitrogens with zero attached hydrogens (tertiary/aromatic N) is 1. The molecule has 0 bridgehead atoms. The van der Waals surface area contributed by atoms with Crippen molar-refractivity contribution in [2.45, 2.75) is 37.5 Å². The van der Waals surface area contributed by atoms with E-state index in [1.807, 2.05) is 30.3 Å². The molecule has 23 heavy (non-hydrogen) atoms. The van der Waals surface area contributed by atoms with Crippen LogP contribution in [0.1, 0.15) is 31.9 Å². The molecule has 0 unspecified atom stereocenters. The Labute approximate surface area is 146 Å². The lowest BCUT2D eigenvalue weighted by molar-refractivity contribution is 0.585. The minimum Gasteiger partial charge on any atom is -0.266 e. The summed E-state index contributed by atoms with van der Waals surface area (Å²) in [5, 5.41) is 0. The van der Waals surface area contributed by atoms with Gasteiger partial charge in [-0.05, 0) is 53.3 Å². The van der Waals surface area contributed by atoms with E-state index in [0.29, 0.717) is 11.4 Å². The molecule has 2 aromatic carbocycles. The van der Waals surface area contributed by atoms with Crippen molar-refractivity contribution in [1.29, 1.82) is 0 Å². The van der Waals surface area contributed by atoms with Gasteiger partial charge < -0.3 is 0 Å². The van der Waals surface area contributed by atoms with Gasteiger partial charge in [0, 0.05) is 11.0 Å². The van der Waals surface area contributed by atoms with Crippen LogP contribution in [0.5, 0.6) is 0 Å². The van der Waals surface area contributed by atoms with Crippen molar-refractivity contribution in [3.8, 4) is 0 Å². The van der Waals surface area contributed by atoms with Gasteiger partial charge in [0.25, 0.3) is 10.0 Å². The standard InChI is InChI=1S/C18H20BrNO2S/c1-18(2,3)14-4-7-16(8-5-14)23(21,22)20-11-10-13-12-15(19)6-9-17(13)20/h4-9,12H,10-11H2,1-3H3. The molecule has 1 aliphatic rings. The van der Waals surface area contributed by atoms with E-state index in [-0.39, 0.29) is 5.41 Å². The monoisotopic (exact) mass is 393 g/mol. The van der Waals surface area contributed by atoms with Crippen LogP contribution < -0.4 is 4.31 Å². The third-order valence-corrected chi connectivity index (χ3v) is 6.52. The molecule has 5 heteroatoms. The van der Waals surface area contributed by atoms with E-state index in [1.165, 1.54) is 4.31 Å². The Morgan fingerprint density at radius 1 is 1.04 bits per heavy atom. The number of hydrogen-bond acceptors (Lipinski definition) is 2. The minimum absolute atomic E-state index is 0.00874. The average molecular weight is 394 g/mol. The molecule has 0 spiro atoms. The lowest BCUT2D eigenvalue weighted by Gasteiger charge is -2.22. The zero-order chi connectivity index (χ0) is 16.8. The maximum absolute atomic E-state index is 13.0. The Hall–Kier alpha value is -1.33. The molecule has 0 amide bonds. The van der Waals surface area contributed by atoms with Crippen molar-refractivity contribution in [3.63, 3.8) is 0 Å². The normalized spacial score (nSPS) is 14.9. The van der Waals surface area contributed by atoms with Crippen LogP contribution in [-0.4, -0.2) is 15.0 Å². The van der Waals surface area contributed by atoms with E-state index in [0.717, 1.165) is 27.7 Å². The van der Waals surface area contributed by atoms with Crippen LogP contribution in [0.25, 0.3) is 0 Å². The minimum atomic E-state index is -3.51. The molecule has 3 rings (SSSR count). The Kier molecular flexibility index (Phi) is 4.05. The van der Waals surface area contributed by atoms with Gasteiger partial charge in [-0.25, -0.2) is 8.42 Å². The van der Waals surface area contributed by atoms with Gasteiger partial charge in [0.2, 0.25) is 0 Å². The predicted molar refractivity (Wildman–Crippen MR) is 97.5 cm³/mol. The highest BCUT2D eigenvalue weighted by atomic mass is 79.9. The highest BCUT2D eigenvalue weighted by Gasteiger charge is 2.31. The van der Waals surface area contributed by atoms with E-state index in [2.05, 4.69) is 36.7 Å². The maximum Gasteiger partial charge on any atom is 0.264 e. The third-order valence-electron chi connectivity index (χ3n) is 4.20. The average Bonchev–Trinajstić information content (AvgIpc) is 2.90. The number of benzene rings is 2. The highest BCUT2D eigenvalue weighted by Crippen LogP contribution is 2.35. The second kappa shape index (κ2) is 5.64. The number of halogens is 1. The molecule has 122 valence electrons. The molecule has 0 radical (unpaired) electrons. The first-order valence-electron chi connectivity index (χ1n) is 7.61. The van der Waals surface area contributed by atoms with Gasteiger partial charge in [0.05, 0.1) is 10.6 Å². The summed E-state index contributed by atoms with van der Waals surface area (Å²) in [7, 11) is -3.51. The van der Waals surface area contributed by atoms with Gasteiger partial charge in [-0.3, -0.25) is 4.31 Å². The number of fused-ring (bicyclic) bond motifs is 1. The zero-order valence-corrected chi connectivity index (χ0v) is 15.9. The number of hydrogen-bond donors (Lipinski definition) is 0. The van der Waals surface area contributed by atoms with Gasteiger partial charge in [-0.15, -0.1) is 0 Å². The zero-order valence-electron chi connectivity index (χ0n) is 13.5. The first kappa shape index (κ1) is 16.5. The summed E-state index contributed by atoms with van der Waals surface area (Å²) >= 11 is 3.44. The van der Waals surface area contributed by atoms with E-state index in [4.69, 9.17) is 0 Å². The highest BCUT2D eigenvalue weighted by molar-refractivity contribution is 9.10. The second-order valence-corrected chi connectivity index (χ2v) is 9.65. The summed E-state index contributed by atoms with van der Waals surface area (Å²) in [6.07, 6.45) is 0.744. The molecule has 2 aromatic rings. The van der Waals surface area contributed by atoms with E-state index in [1.54, 1.807) is 12.1 Å². The van der Waals surface area contributed by atoms with Crippen molar-refractivity contribution in [2.24, 2.45) is 0 Å². The number of anilines is 1. The molecule has 0 fully saturated rings. The molecule has 0 saturated carbocycles. The SMILES string of the molecule is CC(C)(C)c1ccc(S(=O)(=O)N2CCc3cc(Br)ccc32)cc1. The first-order chi connectivity index (χ1) is 10.7. The molecule has 1 heterocycles. The fraction of sp³-hybridized carbons (Fsp3) is 0.333. The van der Waals surface area contributed by atoms with E-state index >= 15 is 0 Å². The third kappa shape index (κ3) is 3.04. The van der Waals surface area contributed by atoms with Gasteiger partial charge in [0.1, 0.15) is 0 Å². The first-order valence-corrected chi connectivity index (χ1v) is 9.84. The molecular formula is C18H20BrNO2S. The smallest absolute Gasteiger partial charge is 0.264 e. The van der Waals surface area contributed by atoms with Crippen molar-refractivity contribution in [2.75, 3.05) is 10.8 Å². The number of rotatable bonds is 2. The molecular weight excluding hydrogens is 374 g/mol. The summed E-state index contributed by atoms with van der Waals surface area (Å²) < 4.78 is 28.4. The number of sulfonamides is 1. The molecule has 3 nitrogen and oxygen atoms in total. The Balaban J connectivity index is 1.98. The molecule has 0 saturated heterocycles. The van der Waals surface area contributed by atoms with Gasteiger partial charge in [-0.1, -0.05) is 48.8 Å². The second-order valence-electron chi connectivity index (χ2n) is 6.87. The molecule has 0 aromatic heterocycles. The van der Waals surface area contributed by atoms with Gasteiger partial charge in [0.15, 0.2) is 0 Å². The molecule has 0 atom stereocenters. The van der Waals surface area contributed by atoms with Crippen molar-refractivity contribution in [1.82, 2.24) is 0 Å². The lowest BCUT2D eigenvalue weighted by atomic mass is 9.87. The Morgan fingerprint density at radius 2 is 1.70 bits per heavy atom. The molecule has 0 aliphatic carbocycles. The predicted octanol–water partition coefficient (Wildman–Crippen LogP) is 4.50. The van der Waals surface area contributed by atoms with Crippen molar-refractivity contribution in [3.05, 3.63) is 58.1 Å². The fourth-order valence-electron chi connectivity index (χ4n) is 2.84. The lowest BCUT2D eigenvalue weighted by Crippen LogP contribution is -2.29. The van der Waals surface area contributed by atoms with Gasteiger partial charge >= 0.3 is 0 Å². The summed E-state index contributed by atoms with van der Waals surface area (Å²) in [5.74, 6) is 0. The largest absolute Gasteiger partial charge is 0.266 e. The van der Waals surface area contributed by atoms with E-state index in [9.17, 15) is 8.42 Å². The van der Waals surface area contributed by atoms with E-state index < -0.39 is 10.0 Å². The Bertz CT molecular complexity index is 836. The van der Waals surface area contributed by atoms with Crippen LogP contribution in [0, 0.1) is 0 Å². The van der Waals surface area contributed by atoms with Crippen molar-refractivity contribution >= 4 is 31.6 Å². The summed E-state index contributed by atoms with van der Waals surface area (Å²) in [4.78, 5) is 0.348. The Morgan fingerprint density at radius 3 is 2.30 bits per heavy atom. The van der Waals surface area contributed by atoms with Crippen LogP contribution >= 0.6 is 15.9 Å². The summed E-state index contributed by atoms with van der Waals surface area (Å²) in [5.41, 5.74) is 2.99. The van der Waals surface area contributed by atoms with Crippen LogP contribution in [0.3, 0.4) is 0 Å². The van der Waals surface area contributed by atoms with Crippen LogP contribution in [0.4, 0.5) is 5.69 Å². The summed E-state index contributed by atoms with van der Waals surface area (Å²) in [6.45, 7) is 6.84. The topological polar surface area (TPSA) is 37.4 Å². The molecule has 1 aliphatic heterocycles. The molecule has 0 N–H and O–H groups in total. The van der Waals surface area contributed by atoms with Gasteiger partial charge in [-0.2, -0.15) is 0 Å². The van der Waals surface area contributed by atoms with Crippen LogP contribution in [-0.2, 0) is 21.9 Å². The summed E-state index contributed by atoms with van der Waals surface area (Å²) in [6, 6.07) is 13.0. The quantitative estimate of drug-likeness (QED) is 0.752. The maximum atomic E-state index is 13.0. The van der Waals surface area contributed by atoms with Crippen molar-refractivity contribution < 1.29 is 8.42 Å². The van der Waals surface area contributed by atoms with Crippen LogP contribution in [0.15, 0.2) is 51.8 Å². The van der Waals surface area contributed by atoms with Crippen LogP contribution in [0.2, 0.25) is 0 Å².